The molecule has 4 rings (SSSR count). The second kappa shape index (κ2) is 8.24. The van der Waals surface area contributed by atoms with Gasteiger partial charge in [0, 0.05) is 16.4 Å². The van der Waals surface area contributed by atoms with Gasteiger partial charge in [-0.1, -0.05) is 41.1 Å². The molecule has 2 aliphatic heterocycles. The van der Waals surface area contributed by atoms with E-state index < -0.39 is 9.84 Å². The van der Waals surface area contributed by atoms with Crippen molar-refractivity contribution in [2.75, 3.05) is 27.5 Å². The number of aliphatic imine (C=N–C) groups is 1. The minimum absolute atomic E-state index is 0.0422. The van der Waals surface area contributed by atoms with Crippen LogP contribution in [0.2, 0.25) is 5.02 Å². The fourth-order valence-corrected chi connectivity index (χ4v) is 6.70. The first-order chi connectivity index (χ1) is 14.2. The number of benzene rings is 2. The third kappa shape index (κ3) is 4.50. The monoisotopic (exact) mass is 463 g/mol. The summed E-state index contributed by atoms with van der Waals surface area (Å²) in [5.74, 6) is 0.154. The van der Waals surface area contributed by atoms with E-state index in [1.54, 1.807) is 12.1 Å². The summed E-state index contributed by atoms with van der Waals surface area (Å²) in [6.07, 6.45) is 0. The lowest BCUT2D eigenvalue weighted by Crippen LogP contribution is -2.39. The summed E-state index contributed by atoms with van der Waals surface area (Å²) < 4.78 is 24.2. The zero-order valence-electron chi connectivity index (χ0n) is 16.6. The molecule has 2 aromatic carbocycles. The standard InChI is InChI=1S/C21H22ClN3O3S2/c1-13-3-8-17(14(2)9-13)23-20(26)10-29-21-24-18-11-30(27,28)12-19(18)25(21)16-6-4-15(22)5-7-16/h3-9,18-19H,10-12H2,1-2H3,(H,23,26)/t18-,19-/m0/s1. The summed E-state index contributed by atoms with van der Waals surface area (Å²) in [7, 11) is -3.12. The van der Waals surface area contributed by atoms with Crippen LogP contribution in [0.25, 0.3) is 0 Å². The van der Waals surface area contributed by atoms with E-state index in [2.05, 4.69) is 10.3 Å². The topological polar surface area (TPSA) is 78.8 Å². The van der Waals surface area contributed by atoms with E-state index in [4.69, 9.17) is 11.6 Å². The van der Waals surface area contributed by atoms with Crippen LogP contribution in [0.5, 0.6) is 0 Å². The van der Waals surface area contributed by atoms with Gasteiger partial charge < -0.3 is 10.2 Å². The highest BCUT2D eigenvalue weighted by atomic mass is 35.5. The highest BCUT2D eigenvalue weighted by Crippen LogP contribution is 2.35. The Bertz CT molecular complexity index is 1120. The molecule has 6 nitrogen and oxygen atoms in total. The van der Waals surface area contributed by atoms with Gasteiger partial charge in [0.2, 0.25) is 5.91 Å². The molecule has 2 aliphatic rings. The molecule has 1 amide bonds. The molecule has 1 saturated heterocycles. The van der Waals surface area contributed by atoms with Crippen molar-refractivity contribution in [3.63, 3.8) is 0 Å². The summed E-state index contributed by atoms with van der Waals surface area (Å²) in [6.45, 7) is 3.97. The van der Waals surface area contributed by atoms with Crippen molar-refractivity contribution >= 4 is 55.6 Å². The molecule has 30 heavy (non-hydrogen) atoms. The van der Waals surface area contributed by atoms with Gasteiger partial charge in [0.25, 0.3) is 0 Å². The van der Waals surface area contributed by atoms with Crippen molar-refractivity contribution in [3.05, 3.63) is 58.6 Å². The fraction of sp³-hybridized carbons (Fsp3) is 0.333. The highest BCUT2D eigenvalue weighted by molar-refractivity contribution is 8.14. The maximum absolute atomic E-state index is 12.5. The van der Waals surface area contributed by atoms with Crippen LogP contribution in [0.15, 0.2) is 47.5 Å². The predicted molar refractivity (Wildman–Crippen MR) is 125 cm³/mol. The maximum atomic E-state index is 12.5. The number of nitrogens with one attached hydrogen (secondary N) is 1. The van der Waals surface area contributed by atoms with Gasteiger partial charge in [-0.2, -0.15) is 0 Å². The molecule has 2 atom stereocenters. The molecule has 1 N–H and O–H groups in total. The molecular formula is C21H22ClN3O3S2. The van der Waals surface area contributed by atoms with Crippen LogP contribution in [-0.2, 0) is 14.6 Å². The van der Waals surface area contributed by atoms with Crippen molar-refractivity contribution in [2.45, 2.75) is 25.9 Å². The Morgan fingerprint density at radius 1 is 1.20 bits per heavy atom. The highest BCUT2D eigenvalue weighted by Gasteiger charge is 2.47. The molecule has 1 fully saturated rings. The van der Waals surface area contributed by atoms with Crippen LogP contribution in [-0.4, -0.2) is 48.8 Å². The Labute approximate surface area is 185 Å². The maximum Gasteiger partial charge on any atom is 0.234 e. The Morgan fingerprint density at radius 2 is 1.93 bits per heavy atom. The summed E-state index contributed by atoms with van der Waals surface area (Å²) in [5, 5.41) is 4.21. The van der Waals surface area contributed by atoms with Crippen LogP contribution in [0.4, 0.5) is 11.4 Å². The SMILES string of the molecule is Cc1ccc(NC(=O)CSC2=N[C@H]3CS(=O)(=O)C[C@@H]3N2c2ccc(Cl)cc2)c(C)c1. The van der Waals surface area contributed by atoms with Crippen LogP contribution < -0.4 is 10.2 Å². The van der Waals surface area contributed by atoms with E-state index in [-0.39, 0.29) is 35.2 Å². The number of carbonyl (C=O) groups is 1. The average Bonchev–Trinajstić information content (AvgIpc) is 3.14. The first-order valence-electron chi connectivity index (χ1n) is 9.55. The van der Waals surface area contributed by atoms with Crippen molar-refractivity contribution in [3.8, 4) is 0 Å². The van der Waals surface area contributed by atoms with Gasteiger partial charge >= 0.3 is 0 Å². The minimum Gasteiger partial charge on any atom is -0.325 e. The number of hydrogen-bond donors (Lipinski definition) is 1. The zero-order valence-corrected chi connectivity index (χ0v) is 19.0. The van der Waals surface area contributed by atoms with Crippen molar-refractivity contribution < 1.29 is 13.2 Å². The van der Waals surface area contributed by atoms with E-state index in [9.17, 15) is 13.2 Å². The number of fused-ring (bicyclic) bond motifs is 1. The number of halogens is 1. The number of amidine groups is 1. The molecule has 9 heteroatoms. The van der Waals surface area contributed by atoms with Gasteiger partial charge in [-0.25, -0.2) is 8.42 Å². The lowest BCUT2D eigenvalue weighted by molar-refractivity contribution is -0.113. The summed E-state index contributed by atoms with van der Waals surface area (Å²) in [4.78, 5) is 19.1. The molecule has 0 aromatic heterocycles. The average molecular weight is 464 g/mol. The Hall–Kier alpha value is -2.03. The second-order valence-electron chi connectivity index (χ2n) is 7.62. The largest absolute Gasteiger partial charge is 0.325 e. The number of thioether (sulfide) groups is 1. The Morgan fingerprint density at radius 3 is 2.63 bits per heavy atom. The predicted octanol–water partition coefficient (Wildman–Crippen LogP) is 3.67. The first-order valence-corrected chi connectivity index (χ1v) is 12.7. The number of rotatable bonds is 4. The van der Waals surface area contributed by atoms with Crippen LogP contribution in [0.3, 0.4) is 0 Å². The third-order valence-electron chi connectivity index (χ3n) is 5.20. The van der Waals surface area contributed by atoms with E-state index in [1.807, 2.05) is 49.1 Å². The molecule has 158 valence electrons. The normalized spacial score (nSPS) is 22.0. The molecule has 0 radical (unpaired) electrons. The molecule has 2 aromatic rings. The first kappa shape index (κ1) is 21.2. The summed E-state index contributed by atoms with van der Waals surface area (Å²) >= 11 is 7.33. The van der Waals surface area contributed by atoms with Crippen LogP contribution >= 0.6 is 23.4 Å². The number of hydrogen-bond acceptors (Lipinski definition) is 6. The number of sulfone groups is 1. The van der Waals surface area contributed by atoms with Gasteiger partial charge in [0.15, 0.2) is 15.0 Å². The van der Waals surface area contributed by atoms with Gasteiger partial charge in [0.1, 0.15) is 0 Å². The van der Waals surface area contributed by atoms with Crippen molar-refractivity contribution in [1.29, 1.82) is 0 Å². The quantitative estimate of drug-likeness (QED) is 0.748. The smallest absolute Gasteiger partial charge is 0.234 e. The number of nitrogens with zero attached hydrogens (tertiary/aromatic N) is 2. The minimum atomic E-state index is -3.12. The molecular weight excluding hydrogens is 442 g/mol. The van der Waals surface area contributed by atoms with Gasteiger partial charge in [-0.05, 0) is 49.7 Å². The number of aryl methyl sites for hydroxylation is 2. The van der Waals surface area contributed by atoms with Crippen LogP contribution in [0, 0.1) is 13.8 Å². The molecule has 0 spiro atoms. The Balaban J connectivity index is 1.50. The Kier molecular flexibility index (Phi) is 5.83. The lowest BCUT2D eigenvalue weighted by atomic mass is 10.1. The molecule has 2 heterocycles. The van der Waals surface area contributed by atoms with Crippen LogP contribution in [0.1, 0.15) is 11.1 Å². The fourth-order valence-electron chi connectivity index (χ4n) is 3.81. The van der Waals surface area contributed by atoms with Gasteiger partial charge in [0.05, 0.1) is 29.3 Å². The van der Waals surface area contributed by atoms with Gasteiger partial charge in [-0.15, -0.1) is 0 Å². The number of carbonyl (C=O) groups excluding carboxylic acids is 1. The molecule has 0 unspecified atom stereocenters. The number of amides is 1. The molecule has 0 saturated carbocycles. The third-order valence-corrected chi connectivity index (χ3v) is 8.12. The zero-order chi connectivity index (χ0) is 21.5. The molecule has 0 aliphatic carbocycles. The lowest BCUT2D eigenvalue weighted by Gasteiger charge is -2.26. The van der Waals surface area contributed by atoms with Gasteiger partial charge in [-0.3, -0.25) is 9.79 Å². The van der Waals surface area contributed by atoms with E-state index >= 15 is 0 Å². The van der Waals surface area contributed by atoms with E-state index in [0.717, 1.165) is 22.5 Å². The summed E-state index contributed by atoms with van der Waals surface area (Å²) in [6, 6.07) is 12.6. The second-order valence-corrected chi connectivity index (χ2v) is 11.2. The summed E-state index contributed by atoms with van der Waals surface area (Å²) in [5.41, 5.74) is 3.76. The van der Waals surface area contributed by atoms with Crippen molar-refractivity contribution in [1.82, 2.24) is 0 Å². The van der Waals surface area contributed by atoms with Crippen molar-refractivity contribution in [2.24, 2.45) is 4.99 Å². The van der Waals surface area contributed by atoms with E-state index in [0.29, 0.717) is 10.2 Å². The molecule has 0 bridgehead atoms. The van der Waals surface area contributed by atoms with E-state index in [1.165, 1.54) is 11.8 Å². The number of anilines is 2.